The minimum absolute atomic E-state index is 0.0497. The lowest BCUT2D eigenvalue weighted by Gasteiger charge is -2.22. The van der Waals surface area contributed by atoms with Crippen molar-refractivity contribution in [1.29, 1.82) is 0 Å². The number of benzene rings is 1. The van der Waals surface area contributed by atoms with Crippen LogP contribution in [0, 0.1) is 6.92 Å². The predicted molar refractivity (Wildman–Crippen MR) is 72.1 cm³/mol. The summed E-state index contributed by atoms with van der Waals surface area (Å²) in [7, 11) is 0. The van der Waals surface area contributed by atoms with E-state index in [1.54, 1.807) is 0 Å². The molecule has 0 aliphatic carbocycles. The molecular weight excluding hydrogens is 258 g/mol. The smallest absolute Gasteiger partial charge is 0.249 e. The van der Waals surface area contributed by atoms with Crippen LogP contribution in [0.25, 0.3) is 0 Å². The van der Waals surface area contributed by atoms with Crippen molar-refractivity contribution in [2.24, 2.45) is 0 Å². The fraction of sp³-hybridized carbons (Fsp3) is 0.231. The summed E-state index contributed by atoms with van der Waals surface area (Å²) >= 11 is 0. The van der Waals surface area contributed by atoms with E-state index in [0.29, 0.717) is 11.6 Å². The highest BCUT2D eigenvalue weighted by molar-refractivity contribution is 6.00. The number of carbonyl (C=O) groups excluding carboxylic acids is 2. The average Bonchev–Trinajstić information content (AvgIpc) is 2.88. The maximum Gasteiger partial charge on any atom is 0.249 e. The van der Waals surface area contributed by atoms with E-state index in [1.165, 1.54) is 11.0 Å². The van der Waals surface area contributed by atoms with Crippen LogP contribution in [0.4, 0.5) is 11.6 Å². The molecule has 1 atom stereocenters. The predicted octanol–water partition coefficient (Wildman–Crippen LogP) is 1.11. The van der Waals surface area contributed by atoms with Gasteiger partial charge in [-0.05, 0) is 19.1 Å². The molecule has 2 heterocycles. The molecule has 2 amide bonds. The average molecular weight is 271 g/mol. The number of fused-ring (bicyclic) bond motifs is 1. The zero-order valence-corrected chi connectivity index (χ0v) is 10.8. The van der Waals surface area contributed by atoms with Crippen molar-refractivity contribution in [2.75, 3.05) is 10.6 Å². The first-order chi connectivity index (χ1) is 9.63. The Morgan fingerprint density at radius 3 is 2.90 bits per heavy atom. The molecule has 0 spiro atoms. The van der Waals surface area contributed by atoms with Crippen LogP contribution < -0.4 is 10.6 Å². The van der Waals surface area contributed by atoms with Gasteiger partial charge in [0.25, 0.3) is 0 Å². The van der Waals surface area contributed by atoms with Gasteiger partial charge in [0.05, 0.1) is 6.42 Å². The second kappa shape index (κ2) is 4.76. The van der Waals surface area contributed by atoms with Crippen molar-refractivity contribution in [3.8, 4) is 0 Å². The molecular formula is C13H13N5O2. The van der Waals surface area contributed by atoms with Crippen LogP contribution in [0.3, 0.4) is 0 Å². The van der Waals surface area contributed by atoms with Crippen LogP contribution in [0.5, 0.6) is 0 Å². The third-order valence-electron chi connectivity index (χ3n) is 3.12. The van der Waals surface area contributed by atoms with Gasteiger partial charge >= 0.3 is 0 Å². The first-order valence-electron chi connectivity index (χ1n) is 6.20. The van der Waals surface area contributed by atoms with E-state index in [1.807, 2.05) is 31.2 Å². The summed E-state index contributed by atoms with van der Waals surface area (Å²) in [5.74, 6) is -0.227. The minimum Gasteiger partial charge on any atom is -0.324 e. The Bertz CT molecular complexity index is 662. The third-order valence-corrected chi connectivity index (χ3v) is 3.12. The molecule has 1 aliphatic rings. The number of rotatable bonds is 2. The monoisotopic (exact) mass is 271 g/mol. The number of aryl methyl sites for hydroxylation is 1. The van der Waals surface area contributed by atoms with E-state index in [2.05, 4.69) is 20.7 Å². The van der Waals surface area contributed by atoms with Gasteiger partial charge in [0.15, 0.2) is 0 Å². The Hall–Kier alpha value is -2.70. The largest absolute Gasteiger partial charge is 0.324 e. The maximum absolute atomic E-state index is 12.3. The molecule has 0 radical (unpaired) electrons. The summed E-state index contributed by atoms with van der Waals surface area (Å²) < 4.78 is 1.42. The summed E-state index contributed by atoms with van der Waals surface area (Å²) in [6, 6.07) is 6.77. The summed E-state index contributed by atoms with van der Waals surface area (Å²) in [6.45, 7) is 1.97. The van der Waals surface area contributed by atoms with Crippen molar-refractivity contribution >= 4 is 23.5 Å². The number of hydrogen-bond acceptors (Lipinski definition) is 4. The second-order valence-corrected chi connectivity index (χ2v) is 4.65. The van der Waals surface area contributed by atoms with Crippen molar-refractivity contribution in [1.82, 2.24) is 14.8 Å². The minimum atomic E-state index is -0.678. The molecule has 20 heavy (non-hydrogen) atoms. The van der Waals surface area contributed by atoms with E-state index in [9.17, 15) is 9.59 Å². The van der Waals surface area contributed by atoms with Crippen molar-refractivity contribution < 1.29 is 9.59 Å². The zero-order valence-electron chi connectivity index (χ0n) is 10.8. The highest BCUT2D eigenvalue weighted by Crippen LogP contribution is 2.23. The van der Waals surface area contributed by atoms with Crippen LogP contribution in [0.2, 0.25) is 0 Å². The number of nitrogens with zero attached hydrogens (tertiary/aromatic N) is 3. The number of anilines is 2. The normalized spacial score (nSPS) is 17.2. The fourth-order valence-electron chi connectivity index (χ4n) is 2.07. The van der Waals surface area contributed by atoms with Gasteiger partial charge in [-0.1, -0.05) is 17.7 Å². The highest BCUT2D eigenvalue weighted by atomic mass is 16.2. The van der Waals surface area contributed by atoms with E-state index >= 15 is 0 Å². The summed E-state index contributed by atoms with van der Waals surface area (Å²) in [6.07, 6.45) is 1.36. The standard InChI is InChI=1S/C13H13N5O2/c1-8-2-4-9(5-3-8)16-12(20)10-6-11(19)17-13-14-7-15-18(10)13/h2-5,7,10H,6H2,1H3,(H,16,20)(H,14,15,17,19)/t10-/m1/s1. The molecule has 7 nitrogen and oxygen atoms in total. The Kier molecular flexibility index (Phi) is 2.94. The molecule has 2 aromatic rings. The van der Waals surface area contributed by atoms with Crippen LogP contribution in [0.15, 0.2) is 30.6 Å². The molecule has 1 aromatic heterocycles. The van der Waals surface area contributed by atoms with E-state index < -0.39 is 6.04 Å². The maximum atomic E-state index is 12.3. The first-order valence-corrected chi connectivity index (χ1v) is 6.20. The molecule has 102 valence electrons. The molecule has 3 rings (SSSR count). The quantitative estimate of drug-likeness (QED) is 0.856. The van der Waals surface area contributed by atoms with Gasteiger partial charge in [-0.15, -0.1) is 0 Å². The molecule has 0 unspecified atom stereocenters. The molecule has 0 saturated heterocycles. The zero-order chi connectivity index (χ0) is 14.1. The second-order valence-electron chi connectivity index (χ2n) is 4.65. The lowest BCUT2D eigenvalue weighted by Crippen LogP contribution is -2.35. The summed E-state index contributed by atoms with van der Waals surface area (Å²) in [5.41, 5.74) is 1.80. The number of aromatic nitrogens is 3. The molecule has 0 bridgehead atoms. The molecule has 0 fully saturated rings. The number of hydrogen-bond donors (Lipinski definition) is 2. The van der Waals surface area contributed by atoms with Crippen LogP contribution >= 0.6 is 0 Å². The van der Waals surface area contributed by atoms with Crippen LogP contribution in [-0.2, 0) is 9.59 Å². The van der Waals surface area contributed by atoms with Crippen molar-refractivity contribution in [3.63, 3.8) is 0 Å². The highest BCUT2D eigenvalue weighted by Gasteiger charge is 2.31. The van der Waals surface area contributed by atoms with Gasteiger partial charge in [0, 0.05) is 5.69 Å². The van der Waals surface area contributed by atoms with E-state index in [4.69, 9.17) is 0 Å². The Morgan fingerprint density at radius 1 is 1.40 bits per heavy atom. The molecule has 0 saturated carbocycles. The van der Waals surface area contributed by atoms with Crippen molar-refractivity contribution in [2.45, 2.75) is 19.4 Å². The molecule has 1 aromatic carbocycles. The van der Waals surface area contributed by atoms with Crippen LogP contribution in [-0.4, -0.2) is 26.6 Å². The van der Waals surface area contributed by atoms with Crippen LogP contribution in [0.1, 0.15) is 18.0 Å². The Labute approximate surface area is 115 Å². The van der Waals surface area contributed by atoms with Crippen molar-refractivity contribution in [3.05, 3.63) is 36.2 Å². The number of amides is 2. The van der Waals surface area contributed by atoms with Gasteiger partial charge in [-0.3, -0.25) is 14.9 Å². The molecule has 2 N–H and O–H groups in total. The lowest BCUT2D eigenvalue weighted by molar-refractivity contribution is -0.125. The Morgan fingerprint density at radius 2 is 2.15 bits per heavy atom. The first kappa shape index (κ1) is 12.3. The SMILES string of the molecule is Cc1ccc(NC(=O)[C@H]2CC(=O)Nc3ncnn32)cc1. The van der Waals surface area contributed by atoms with E-state index in [-0.39, 0.29) is 18.2 Å². The van der Waals surface area contributed by atoms with Gasteiger partial charge in [-0.2, -0.15) is 10.1 Å². The van der Waals surface area contributed by atoms with Gasteiger partial charge in [-0.25, -0.2) is 4.68 Å². The van der Waals surface area contributed by atoms with E-state index in [0.717, 1.165) is 5.56 Å². The molecule has 7 heteroatoms. The summed E-state index contributed by atoms with van der Waals surface area (Å²) in [4.78, 5) is 27.7. The lowest BCUT2D eigenvalue weighted by atomic mass is 10.1. The molecule has 1 aliphatic heterocycles. The van der Waals surface area contributed by atoms with Gasteiger partial charge in [0.2, 0.25) is 17.8 Å². The third kappa shape index (κ3) is 2.25. The van der Waals surface area contributed by atoms with Gasteiger partial charge in [0.1, 0.15) is 12.4 Å². The topological polar surface area (TPSA) is 88.9 Å². The van der Waals surface area contributed by atoms with Gasteiger partial charge < -0.3 is 5.32 Å². The Balaban J connectivity index is 1.81. The number of carbonyl (C=O) groups is 2. The summed E-state index contributed by atoms with van der Waals surface area (Å²) in [5, 5.41) is 9.33. The number of nitrogens with one attached hydrogen (secondary N) is 2. The fourth-order valence-corrected chi connectivity index (χ4v) is 2.07.